The minimum atomic E-state index is -0.142. The Morgan fingerprint density at radius 3 is 2.22 bits per heavy atom. The van der Waals surface area contributed by atoms with Gasteiger partial charge in [-0.05, 0) is 0 Å². The maximum Gasteiger partial charge on any atom is 0.229 e. The van der Waals surface area contributed by atoms with Crippen molar-refractivity contribution in [3.63, 3.8) is 0 Å². The second-order valence-electron chi connectivity index (χ2n) is 1.44. The van der Waals surface area contributed by atoms with E-state index in [1.165, 1.54) is 14.2 Å². The lowest BCUT2D eigenvalue weighted by Crippen LogP contribution is -2.18. The highest BCUT2D eigenvalue weighted by atomic mass is 16.5. The molecule has 0 radical (unpaired) electrons. The second-order valence-corrected chi connectivity index (χ2v) is 1.44. The fourth-order valence-electron chi connectivity index (χ4n) is 0.333. The van der Waals surface area contributed by atoms with Crippen LogP contribution in [0.5, 0.6) is 0 Å². The van der Waals surface area contributed by atoms with Gasteiger partial charge >= 0.3 is 0 Å². The van der Waals surface area contributed by atoms with E-state index >= 15 is 0 Å². The molecule has 0 saturated carbocycles. The first kappa shape index (κ1) is 8.10. The zero-order valence-electron chi connectivity index (χ0n) is 5.52. The van der Waals surface area contributed by atoms with Gasteiger partial charge in [0, 0.05) is 7.11 Å². The van der Waals surface area contributed by atoms with Crippen molar-refractivity contribution in [2.24, 2.45) is 0 Å². The van der Waals surface area contributed by atoms with Gasteiger partial charge in [-0.25, -0.2) is 0 Å². The molecule has 0 spiro atoms. The first-order chi connectivity index (χ1) is 4.22. The molecule has 52 valence electrons. The van der Waals surface area contributed by atoms with Crippen molar-refractivity contribution in [2.45, 2.75) is 0 Å². The maximum atomic E-state index is 7.02. The van der Waals surface area contributed by atoms with Crippen LogP contribution >= 0.6 is 0 Å². The minimum absolute atomic E-state index is 0.0556. The van der Waals surface area contributed by atoms with Gasteiger partial charge in [0.25, 0.3) is 0 Å². The SMILES string of the molecule is COCC(=N)C(=N)OC. The molecule has 0 unspecified atom stereocenters. The van der Waals surface area contributed by atoms with E-state index in [4.69, 9.17) is 10.8 Å². The van der Waals surface area contributed by atoms with E-state index in [-0.39, 0.29) is 18.2 Å². The highest BCUT2D eigenvalue weighted by molar-refractivity contribution is 6.36. The molecule has 4 nitrogen and oxygen atoms in total. The number of rotatable bonds is 3. The van der Waals surface area contributed by atoms with Crippen LogP contribution in [0.25, 0.3) is 0 Å². The van der Waals surface area contributed by atoms with Crippen LogP contribution in [-0.4, -0.2) is 32.4 Å². The molecule has 4 heteroatoms. The molecule has 0 bridgehead atoms. The average molecular weight is 130 g/mol. The van der Waals surface area contributed by atoms with Gasteiger partial charge in [0.05, 0.1) is 13.7 Å². The average Bonchev–Trinajstić information content (AvgIpc) is 1.87. The van der Waals surface area contributed by atoms with E-state index < -0.39 is 0 Å². The van der Waals surface area contributed by atoms with Gasteiger partial charge in [0.1, 0.15) is 5.71 Å². The van der Waals surface area contributed by atoms with E-state index in [1.54, 1.807) is 0 Å². The Bertz CT molecular complexity index is 122. The number of ether oxygens (including phenoxy) is 2. The Labute approximate surface area is 53.8 Å². The van der Waals surface area contributed by atoms with Gasteiger partial charge in [-0.1, -0.05) is 0 Å². The molecule has 0 rings (SSSR count). The van der Waals surface area contributed by atoms with Crippen LogP contribution < -0.4 is 0 Å². The van der Waals surface area contributed by atoms with Gasteiger partial charge in [-0.15, -0.1) is 0 Å². The highest BCUT2D eigenvalue weighted by Gasteiger charge is 2.01. The number of nitrogens with one attached hydrogen (secondary N) is 2. The summed E-state index contributed by atoms with van der Waals surface area (Å²) in [5.41, 5.74) is 0.0556. The lowest BCUT2D eigenvalue weighted by molar-refractivity contribution is 0.244. The van der Waals surface area contributed by atoms with Crippen LogP contribution in [0, 0.1) is 10.8 Å². The lowest BCUT2D eigenvalue weighted by atomic mass is 10.4. The van der Waals surface area contributed by atoms with Crippen LogP contribution in [0.4, 0.5) is 0 Å². The fraction of sp³-hybridized carbons (Fsp3) is 0.600. The molecular weight excluding hydrogens is 120 g/mol. The summed E-state index contributed by atoms with van der Waals surface area (Å²) < 4.78 is 9.02. The van der Waals surface area contributed by atoms with Crippen LogP contribution in [0.3, 0.4) is 0 Å². The van der Waals surface area contributed by atoms with Gasteiger partial charge in [-0.3, -0.25) is 10.8 Å². The van der Waals surface area contributed by atoms with E-state index in [9.17, 15) is 0 Å². The number of methoxy groups -OCH3 is 2. The van der Waals surface area contributed by atoms with Gasteiger partial charge in [0.15, 0.2) is 0 Å². The number of hydrogen-bond donors (Lipinski definition) is 2. The minimum Gasteiger partial charge on any atom is -0.480 e. The summed E-state index contributed by atoms with van der Waals surface area (Å²) in [5, 5.41) is 13.9. The van der Waals surface area contributed by atoms with Crippen molar-refractivity contribution in [3.8, 4) is 0 Å². The zero-order chi connectivity index (χ0) is 7.28. The third-order valence-corrected chi connectivity index (χ3v) is 0.767. The zero-order valence-corrected chi connectivity index (χ0v) is 5.52. The summed E-state index contributed by atoms with van der Waals surface area (Å²) in [7, 11) is 2.82. The quantitative estimate of drug-likeness (QED) is 0.425. The Morgan fingerprint density at radius 1 is 1.33 bits per heavy atom. The molecule has 0 atom stereocenters. The maximum absolute atomic E-state index is 7.02. The van der Waals surface area contributed by atoms with Crippen LogP contribution in [-0.2, 0) is 9.47 Å². The predicted molar refractivity (Wildman–Crippen MR) is 34.3 cm³/mol. The van der Waals surface area contributed by atoms with Crippen molar-refractivity contribution in [1.29, 1.82) is 10.8 Å². The van der Waals surface area contributed by atoms with E-state index in [1.807, 2.05) is 0 Å². The topological polar surface area (TPSA) is 66.2 Å². The third-order valence-electron chi connectivity index (χ3n) is 0.767. The smallest absolute Gasteiger partial charge is 0.229 e. The largest absolute Gasteiger partial charge is 0.480 e. The highest BCUT2D eigenvalue weighted by Crippen LogP contribution is 1.79. The molecule has 2 N–H and O–H groups in total. The fourth-order valence-corrected chi connectivity index (χ4v) is 0.333. The van der Waals surface area contributed by atoms with E-state index in [0.29, 0.717) is 0 Å². The Kier molecular flexibility index (Phi) is 3.62. The molecule has 0 amide bonds. The molecule has 9 heavy (non-hydrogen) atoms. The molecular formula is C5H10N2O2. The summed E-state index contributed by atoms with van der Waals surface area (Å²) in [6.07, 6.45) is 0. The first-order valence-electron chi connectivity index (χ1n) is 2.41. The van der Waals surface area contributed by atoms with E-state index in [0.717, 1.165) is 0 Å². The van der Waals surface area contributed by atoms with E-state index in [2.05, 4.69) is 9.47 Å². The summed E-state index contributed by atoms with van der Waals surface area (Å²) in [4.78, 5) is 0. The molecule has 0 aliphatic rings. The molecule has 0 aliphatic carbocycles. The Balaban J connectivity index is 3.60. The first-order valence-corrected chi connectivity index (χ1v) is 2.41. The van der Waals surface area contributed by atoms with Crippen LogP contribution in [0.15, 0.2) is 0 Å². The molecule has 0 aliphatic heterocycles. The monoisotopic (exact) mass is 130 g/mol. The third kappa shape index (κ3) is 2.81. The van der Waals surface area contributed by atoms with Crippen molar-refractivity contribution >= 4 is 11.6 Å². The van der Waals surface area contributed by atoms with Gasteiger partial charge in [0.2, 0.25) is 5.90 Å². The molecule has 0 heterocycles. The summed E-state index contributed by atoms with van der Waals surface area (Å²) in [6.45, 7) is 0.132. The van der Waals surface area contributed by atoms with Crippen LogP contribution in [0.1, 0.15) is 0 Å². The summed E-state index contributed by atoms with van der Waals surface area (Å²) in [5.74, 6) is -0.142. The number of hydrogen-bond acceptors (Lipinski definition) is 4. The summed E-state index contributed by atoms with van der Waals surface area (Å²) in [6, 6.07) is 0. The lowest BCUT2D eigenvalue weighted by Gasteiger charge is -2.00. The predicted octanol–water partition coefficient (Wildman–Crippen LogP) is 0.276. The van der Waals surface area contributed by atoms with Crippen molar-refractivity contribution < 1.29 is 9.47 Å². The second kappa shape index (κ2) is 4.03. The summed E-state index contributed by atoms with van der Waals surface area (Å²) >= 11 is 0. The Morgan fingerprint density at radius 2 is 1.89 bits per heavy atom. The van der Waals surface area contributed by atoms with Gasteiger partial charge < -0.3 is 9.47 Å². The standard InChI is InChI=1S/C5H10N2O2/c1-8-3-4(6)5(7)9-2/h6-7H,3H2,1-2H3. The van der Waals surface area contributed by atoms with Gasteiger partial charge in [-0.2, -0.15) is 0 Å². The normalized spacial score (nSPS) is 8.67. The molecule has 0 aromatic heterocycles. The molecule has 0 aromatic rings. The Hall–Kier alpha value is -0.900. The molecule has 0 fully saturated rings. The molecule has 0 aromatic carbocycles. The molecule has 0 saturated heterocycles. The van der Waals surface area contributed by atoms with Crippen molar-refractivity contribution in [1.82, 2.24) is 0 Å². The van der Waals surface area contributed by atoms with Crippen molar-refractivity contribution in [3.05, 3.63) is 0 Å². The van der Waals surface area contributed by atoms with Crippen LogP contribution in [0.2, 0.25) is 0 Å². The van der Waals surface area contributed by atoms with Crippen molar-refractivity contribution in [2.75, 3.05) is 20.8 Å².